The fourth-order valence-corrected chi connectivity index (χ4v) is 3.36. The first-order valence-corrected chi connectivity index (χ1v) is 8.59. The second-order valence-corrected chi connectivity index (χ2v) is 7.18. The molecule has 2 rings (SSSR count). The Morgan fingerprint density at radius 2 is 1.82 bits per heavy atom. The molecule has 0 heterocycles. The molecule has 0 saturated heterocycles. The van der Waals surface area contributed by atoms with Crippen LogP contribution in [-0.4, -0.2) is 26.6 Å². The van der Waals surface area contributed by atoms with E-state index < -0.39 is 16.0 Å². The maximum atomic E-state index is 12.5. The minimum absolute atomic E-state index is 0.0722. The fraction of sp³-hybridized carbons (Fsp3) is 0.0714. The zero-order chi connectivity index (χ0) is 16.3. The van der Waals surface area contributed by atoms with Gasteiger partial charge in [0.1, 0.15) is 10.6 Å². The van der Waals surface area contributed by atoms with Crippen molar-refractivity contribution in [2.75, 3.05) is 11.8 Å². The van der Waals surface area contributed by atoms with Crippen LogP contribution in [0.1, 0.15) is 10.4 Å². The molecule has 0 bridgehead atoms. The van der Waals surface area contributed by atoms with Gasteiger partial charge in [-0.1, -0.05) is 0 Å². The monoisotopic (exact) mass is 433 g/mol. The number of anilines is 1. The SMILES string of the molecule is COc1ccc(C(=O)O)cc1S(=O)(=O)Nc1ccc(I)cc1. The van der Waals surface area contributed by atoms with Gasteiger partial charge in [0.15, 0.2) is 0 Å². The smallest absolute Gasteiger partial charge is 0.335 e. The van der Waals surface area contributed by atoms with Gasteiger partial charge < -0.3 is 9.84 Å². The molecule has 0 aliphatic carbocycles. The van der Waals surface area contributed by atoms with E-state index in [1.54, 1.807) is 24.3 Å². The number of nitrogens with one attached hydrogen (secondary N) is 1. The Morgan fingerprint density at radius 1 is 1.18 bits per heavy atom. The van der Waals surface area contributed by atoms with E-state index in [1.165, 1.54) is 19.2 Å². The maximum Gasteiger partial charge on any atom is 0.335 e. The second-order valence-electron chi connectivity index (χ2n) is 4.28. The lowest BCUT2D eigenvalue weighted by molar-refractivity contribution is 0.0696. The van der Waals surface area contributed by atoms with Crippen molar-refractivity contribution >= 4 is 44.3 Å². The predicted octanol–water partition coefficient (Wildman–Crippen LogP) is 2.80. The van der Waals surface area contributed by atoms with E-state index in [0.717, 1.165) is 9.64 Å². The van der Waals surface area contributed by atoms with E-state index in [1.807, 2.05) is 0 Å². The molecule has 0 aliphatic rings. The lowest BCUT2D eigenvalue weighted by Gasteiger charge is -2.12. The molecule has 0 radical (unpaired) electrons. The van der Waals surface area contributed by atoms with Crippen LogP contribution in [0.25, 0.3) is 0 Å². The number of methoxy groups -OCH3 is 1. The van der Waals surface area contributed by atoms with Crippen molar-refractivity contribution in [3.8, 4) is 5.75 Å². The molecule has 0 saturated carbocycles. The molecule has 0 aliphatic heterocycles. The van der Waals surface area contributed by atoms with E-state index in [4.69, 9.17) is 9.84 Å². The van der Waals surface area contributed by atoms with Crippen LogP contribution in [0.4, 0.5) is 5.69 Å². The third-order valence-corrected chi connectivity index (χ3v) is 4.92. The topological polar surface area (TPSA) is 92.7 Å². The summed E-state index contributed by atoms with van der Waals surface area (Å²) in [5.41, 5.74) is 0.243. The van der Waals surface area contributed by atoms with Crippen LogP contribution in [0.5, 0.6) is 5.75 Å². The summed E-state index contributed by atoms with van der Waals surface area (Å²) in [6, 6.07) is 10.4. The number of benzene rings is 2. The van der Waals surface area contributed by atoms with Gasteiger partial charge in [0.25, 0.3) is 10.0 Å². The highest BCUT2D eigenvalue weighted by Gasteiger charge is 2.21. The van der Waals surface area contributed by atoms with Crippen molar-refractivity contribution in [1.29, 1.82) is 0 Å². The number of halogens is 1. The van der Waals surface area contributed by atoms with Gasteiger partial charge in [0.2, 0.25) is 0 Å². The first kappa shape index (κ1) is 16.6. The first-order chi connectivity index (χ1) is 10.3. The second kappa shape index (κ2) is 6.53. The Bertz CT molecular complexity index is 802. The zero-order valence-electron chi connectivity index (χ0n) is 11.4. The standard InChI is InChI=1S/C14H12INO5S/c1-21-12-7-2-9(14(17)18)8-13(12)22(19,20)16-11-5-3-10(15)4-6-11/h2-8,16H,1H3,(H,17,18). The van der Waals surface area contributed by atoms with Crippen molar-refractivity contribution in [2.45, 2.75) is 4.90 Å². The van der Waals surface area contributed by atoms with Crippen molar-refractivity contribution in [3.63, 3.8) is 0 Å². The number of sulfonamides is 1. The number of ether oxygens (including phenoxy) is 1. The summed E-state index contributed by atoms with van der Waals surface area (Å²) in [6.07, 6.45) is 0. The molecule has 0 atom stereocenters. The predicted molar refractivity (Wildman–Crippen MR) is 89.9 cm³/mol. The lowest BCUT2D eigenvalue weighted by atomic mass is 10.2. The average Bonchev–Trinajstić information content (AvgIpc) is 2.48. The van der Waals surface area contributed by atoms with Gasteiger partial charge in [-0.3, -0.25) is 4.72 Å². The van der Waals surface area contributed by atoms with Gasteiger partial charge in [0, 0.05) is 9.26 Å². The van der Waals surface area contributed by atoms with Gasteiger partial charge in [-0.05, 0) is 65.1 Å². The Balaban J connectivity index is 2.45. The Labute approximate surface area is 141 Å². The summed E-state index contributed by atoms with van der Waals surface area (Å²) < 4.78 is 33.3. The summed E-state index contributed by atoms with van der Waals surface area (Å²) in [4.78, 5) is 10.8. The Kier molecular flexibility index (Phi) is 4.91. The van der Waals surface area contributed by atoms with Gasteiger partial charge in [0.05, 0.1) is 12.7 Å². The summed E-state index contributed by atoms with van der Waals surface area (Å²) >= 11 is 2.11. The van der Waals surface area contributed by atoms with Crippen molar-refractivity contribution in [3.05, 3.63) is 51.6 Å². The largest absolute Gasteiger partial charge is 0.495 e. The van der Waals surface area contributed by atoms with Crippen LogP contribution in [0.15, 0.2) is 47.4 Å². The van der Waals surface area contributed by atoms with Crippen LogP contribution in [0.3, 0.4) is 0 Å². The van der Waals surface area contributed by atoms with E-state index in [9.17, 15) is 13.2 Å². The number of aromatic carboxylic acids is 1. The van der Waals surface area contributed by atoms with Crippen molar-refractivity contribution in [1.82, 2.24) is 0 Å². The van der Waals surface area contributed by atoms with E-state index >= 15 is 0 Å². The molecule has 0 unspecified atom stereocenters. The number of carboxylic acid groups (broad SMARTS) is 1. The molecule has 8 heteroatoms. The molecule has 0 amide bonds. The maximum absolute atomic E-state index is 12.5. The number of hydrogen-bond acceptors (Lipinski definition) is 4. The van der Waals surface area contributed by atoms with Crippen LogP contribution in [0, 0.1) is 3.57 Å². The highest BCUT2D eigenvalue weighted by Crippen LogP contribution is 2.27. The summed E-state index contributed by atoms with van der Waals surface area (Å²) in [5.74, 6) is -1.14. The summed E-state index contributed by atoms with van der Waals surface area (Å²) in [5, 5.41) is 9.00. The number of carboxylic acids is 1. The van der Waals surface area contributed by atoms with Crippen LogP contribution < -0.4 is 9.46 Å². The molecular formula is C14H12INO5S. The van der Waals surface area contributed by atoms with Crippen molar-refractivity contribution in [2.24, 2.45) is 0 Å². The minimum Gasteiger partial charge on any atom is -0.495 e. The Morgan fingerprint density at radius 3 is 2.36 bits per heavy atom. The third kappa shape index (κ3) is 3.69. The molecule has 2 aromatic rings. The Hall–Kier alpha value is -1.81. The molecule has 0 fully saturated rings. The van der Waals surface area contributed by atoms with Crippen LogP contribution in [-0.2, 0) is 10.0 Å². The first-order valence-electron chi connectivity index (χ1n) is 6.03. The van der Waals surface area contributed by atoms with Gasteiger partial charge in [-0.15, -0.1) is 0 Å². The third-order valence-electron chi connectivity index (χ3n) is 2.80. The summed E-state index contributed by atoms with van der Waals surface area (Å²) in [6.45, 7) is 0. The molecule has 116 valence electrons. The number of carbonyl (C=O) groups is 1. The fourth-order valence-electron chi connectivity index (χ4n) is 1.75. The molecular weight excluding hydrogens is 421 g/mol. The average molecular weight is 433 g/mol. The van der Waals surface area contributed by atoms with Gasteiger partial charge in [-0.2, -0.15) is 0 Å². The van der Waals surface area contributed by atoms with Gasteiger partial charge >= 0.3 is 5.97 Å². The van der Waals surface area contributed by atoms with E-state index in [2.05, 4.69) is 27.3 Å². The highest BCUT2D eigenvalue weighted by atomic mass is 127. The van der Waals surface area contributed by atoms with E-state index in [-0.39, 0.29) is 16.2 Å². The highest BCUT2D eigenvalue weighted by molar-refractivity contribution is 14.1. The molecule has 2 aromatic carbocycles. The molecule has 0 spiro atoms. The quantitative estimate of drug-likeness (QED) is 0.708. The number of rotatable bonds is 5. The minimum atomic E-state index is -3.97. The van der Waals surface area contributed by atoms with Gasteiger partial charge in [-0.25, -0.2) is 13.2 Å². The van der Waals surface area contributed by atoms with E-state index in [0.29, 0.717) is 5.69 Å². The summed E-state index contributed by atoms with van der Waals surface area (Å²) in [7, 11) is -2.65. The van der Waals surface area contributed by atoms with Crippen LogP contribution in [0.2, 0.25) is 0 Å². The molecule has 6 nitrogen and oxygen atoms in total. The zero-order valence-corrected chi connectivity index (χ0v) is 14.4. The molecule has 0 aromatic heterocycles. The van der Waals surface area contributed by atoms with Crippen molar-refractivity contribution < 1.29 is 23.1 Å². The number of hydrogen-bond donors (Lipinski definition) is 2. The normalized spacial score (nSPS) is 11.0. The van der Waals surface area contributed by atoms with Crippen LogP contribution >= 0.6 is 22.6 Å². The molecule has 22 heavy (non-hydrogen) atoms. The lowest BCUT2D eigenvalue weighted by Crippen LogP contribution is -2.15. The molecule has 2 N–H and O–H groups in total.